The molecule has 2 amide bonds. The fraction of sp³-hybridized carbons (Fsp3) is 0.385. The van der Waals surface area contributed by atoms with Gasteiger partial charge in [-0.05, 0) is 37.6 Å². The second-order valence-electron chi connectivity index (χ2n) is 4.22. The van der Waals surface area contributed by atoms with E-state index in [0.29, 0.717) is 12.1 Å². The average Bonchev–Trinajstić information content (AvgIpc) is 2.37. The van der Waals surface area contributed by atoms with Crippen molar-refractivity contribution in [2.75, 3.05) is 11.9 Å². The summed E-state index contributed by atoms with van der Waals surface area (Å²) in [4.78, 5) is 24.0. The number of benzene rings is 1. The highest BCUT2D eigenvalue weighted by atomic mass is 19.1. The molecule has 0 aliphatic heterocycles. The summed E-state index contributed by atoms with van der Waals surface area (Å²) in [5, 5.41) is 11.4. The molecule has 5 nitrogen and oxygen atoms in total. The summed E-state index contributed by atoms with van der Waals surface area (Å²) in [5.41, 5.74) is 0.421. The summed E-state index contributed by atoms with van der Waals surface area (Å²) >= 11 is 0. The number of carbonyl (C=O) groups excluding carboxylic acids is 1. The molecule has 0 aliphatic rings. The third-order valence-electron chi connectivity index (χ3n) is 2.78. The van der Waals surface area contributed by atoms with Crippen LogP contribution < -0.4 is 5.32 Å². The zero-order valence-electron chi connectivity index (χ0n) is 10.9. The molecule has 0 radical (unpaired) electrons. The smallest absolute Gasteiger partial charge is 0.323 e. The number of hydrogen-bond donors (Lipinski definition) is 2. The molecule has 0 bridgehead atoms. The Morgan fingerprint density at radius 3 is 2.42 bits per heavy atom. The fourth-order valence-electron chi connectivity index (χ4n) is 1.52. The maximum absolute atomic E-state index is 12.7. The first-order valence-electron chi connectivity index (χ1n) is 5.99. The molecule has 0 saturated heterocycles. The van der Waals surface area contributed by atoms with Crippen LogP contribution in [0.4, 0.5) is 14.9 Å². The van der Waals surface area contributed by atoms with Gasteiger partial charge in [0, 0.05) is 11.7 Å². The molecule has 0 aliphatic carbocycles. The quantitative estimate of drug-likeness (QED) is 0.862. The Morgan fingerprint density at radius 1 is 1.37 bits per heavy atom. The molecule has 0 saturated carbocycles. The number of carboxylic acids is 1. The minimum absolute atomic E-state index is 0.198. The fourth-order valence-corrected chi connectivity index (χ4v) is 1.52. The van der Waals surface area contributed by atoms with Gasteiger partial charge in [-0.15, -0.1) is 0 Å². The Balaban J connectivity index is 2.76. The van der Waals surface area contributed by atoms with Gasteiger partial charge >= 0.3 is 12.0 Å². The molecule has 19 heavy (non-hydrogen) atoms. The Morgan fingerprint density at radius 2 is 1.95 bits per heavy atom. The van der Waals surface area contributed by atoms with Crippen molar-refractivity contribution in [3.8, 4) is 0 Å². The van der Waals surface area contributed by atoms with E-state index in [9.17, 15) is 14.0 Å². The molecule has 1 aromatic carbocycles. The molecule has 0 fully saturated rings. The third-order valence-corrected chi connectivity index (χ3v) is 2.78. The first-order chi connectivity index (χ1) is 8.93. The van der Waals surface area contributed by atoms with Crippen molar-refractivity contribution >= 4 is 17.7 Å². The molecule has 0 heterocycles. The van der Waals surface area contributed by atoms with Crippen LogP contribution in [0.2, 0.25) is 0 Å². The second-order valence-corrected chi connectivity index (χ2v) is 4.22. The monoisotopic (exact) mass is 268 g/mol. The lowest BCUT2D eigenvalue weighted by molar-refractivity contribution is -0.138. The summed E-state index contributed by atoms with van der Waals surface area (Å²) in [6, 6.07) is 4.58. The highest BCUT2D eigenvalue weighted by Crippen LogP contribution is 2.11. The lowest BCUT2D eigenvalue weighted by atomic mass is 10.2. The standard InChI is InChI=1S/C13H17FN2O3/c1-3-9(2)16(8-12(17)18)13(19)15-11-6-4-10(14)5-7-11/h4-7,9H,3,8H2,1-2H3,(H,15,19)(H,17,18). The molecule has 2 N–H and O–H groups in total. The van der Waals surface area contributed by atoms with Crippen LogP contribution in [-0.4, -0.2) is 34.6 Å². The third kappa shape index (κ3) is 4.57. The van der Waals surface area contributed by atoms with E-state index in [1.807, 2.05) is 6.92 Å². The second kappa shape index (κ2) is 6.72. The van der Waals surface area contributed by atoms with Crippen LogP contribution in [0.25, 0.3) is 0 Å². The van der Waals surface area contributed by atoms with E-state index < -0.39 is 17.8 Å². The van der Waals surface area contributed by atoms with Crippen LogP contribution in [0, 0.1) is 5.82 Å². The van der Waals surface area contributed by atoms with Crippen molar-refractivity contribution in [1.29, 1.82) is 0 Å². The minimum atomic E-state index is -1.07. The maximum atomic E-state index is 12.7. The Hall–Kier alpha value is -2.11. The topological polar surface area (TPSA) is 69.6 Å². The van der Waals surface area contributed by atoms with E-state index in [0.717, 1.165) is 0 Å². The maximum Gasteiger partial charge on any atom is 0.323 e. The highest BCUT2D eigenvalue weighted by molar-refractivity contribution is 5.91. The number of nitrogens with one attached hydrogen (secondary N) is 1. The van der Waals surface area contributed by atoms with Gasteiger partial charge in [-0.1, -0.05) is 6.92 Å². The SMILES string of the molecule is CCC(C)N(CC(=O)O)C(=O)Nc1ccc(F)cc1. The van der Waals surface area contributed by atoms with E-state index in [1.54, 1.807) is 6.92 Å². The number of aliphatic carboxylic acids is 1. The Labute approximate surface area is 111 Å². The minimum Gasteiger partial charge on any atom is -0.480 e. The number of carbonyl (C=O) groups is 2. The van der Waals surface area contributed by atoms with Gasteiger partial charge in [0.15, 0.2) is 0 Å². The summed E-state index contributed by atoms with van der Waals surface area (Å²) in [6.07, 6.45) is 0.643. The number of carboxylic acid groups (broad SMARTS) is 1. The summed E-state index contributed by atoms with van der Waals surface area (Å²) in [5.74, 6) is -1.48. The van der Waals surface area contributed by atoms with E-state index in [2.05, 4.69) is 5.32 Å². The number of amides is 2. The van der Waals surface area contributed by atoms with Crippen LogP contribution in [0.5, 0.6) is 0 Å². The number of nitrogens with zero attached hydrogens (tertiary/aromatic N) is 1. The molecule has 6 heteroatoms. The molecule has 1 unspecified atom stereocenters. The van der Waals surface area contributed by atoms with Gasteiger partial charge in [0.2, 0.25) is 0 Å². The zero-order valence-corrected chi connectivity index (χ0v) is 10.9. The highest BCUT2D eigenvalue weighted by Gasteiger charge is 2.21. The van der Waals surface area contributed by atoms with E-state index >= 15 is 0 Å². The van der Waals surface area contributed by atoms with Gasteiger partial charge in [0.1, 0.15) is 12.4 Å². The number of hydrogen-bond acceptors (Lipinski definition) is 2. The lowest BCUT2D eigenvalue weighted by Gasteiger charge is -2.27. The van der Waals surface area contributed by atoms with Gasteiger partial charge in [-0.25, -0.2) is 9.18 Å². The van der Waals surface area contributed by atoms with Crippen molar-refractivity contribution in [3.63, 3.8) is 0 Å². The molecular weight excluding hydrogens is 251 g/mol. The first kappa shape index (κ1) is 14.9. The number of halogens is 1. The van der Waals surface area contributed by atoms with Crippen LogP contribution in [-0.2, 0) is 4.79 Å². The van der Waals surface area contributed by atoms with Crippen LogP contribution in [0.3, 0.4) is 0 Å². The lowest BCUT2D eigenvalue weighted by Crippen LogP contribution is -2.44. The van der Waals surface area contributed by atoms with E-state index in [1.165, 1.54) is 29.2 Å². The number of anilines is 1. The van der Waals surface area contributed by atoms with E-state index in [4.69, 9.17) is 5.11 Å². The van der Waals surface area contributed by atoms with Crippen LogP contribution in [0.15, 0.2) is 24.3 Å². The summed E-state index contributed by atoms with van der Waals surface area (Å²) < 4.78 is 12.7. The van der Waals surface area contributed by atoms with Crippen LogP contribution in [0.1, 0.15) is 20.3 Å². The summed E-state index contributed by atoms with van der Waals surface area (Å²) in [7, 11) is 0. The summed E-state index contributed by atoms with van der Waals surface area (Å²) in [6.45, 7) is 3.26. The van der Waals surface area contributed by atoms with Crippen molar-refractivity contribution < 1.29 is 19.1 Å². The van der Waals surface area contributed by atoms with Gasteiger partial charge in [0.25, 0.3) is 0 Å². The Kier molecular flexibility index (Phi) is 5.29. The zero-order chi connectivity index (χ0) is 14.4. The molecule has 0 spiro atoms. The van der Waals surface area contributed by atoms with Crippen molar-refractivity contribution in [2.45, 2.75) is 26.3 Å². The molecule has 104 valence electrons. The predicted octanol–water partition coefficient (Wildman–Crippen LogP) is 2.54. The predicted molar refractivity (Wildman–Crippen MR) is 69.5 cm³/mol. The molecule has 1 atom stereocenters. The van der Waals surface area contributed by atoms with Gasteiger partial charge in [-0.3, -0.25) is 4.79 Å². The molecule has 0 aromatic heterocycles. The first-order valence-corrected chi connectivity index (χ1v) is 5.99. The van der Waals surface area contributed by atoms with Crippen molar-refractivity contribution in [3.05, 3.63) is 30.1 Å². The molecular formula is C13H17FN2O3. The number of urea groups is 1. The Bertz CT molecular complexity index is 448. The normalized spacial score (nSPS) is 11.7. The van der Waals surface area contributed by atoms with Crippen molar-refractivity contribution in [2.24, 2.45) is 0 Å². The van der Waals surface area contributed by atoms with Gasteiger partial charge < -0.3 is 15.3 Å². The average molecular weight is 268 g/mol. The molecule has 1 aromatic rings. The van der Waals surface area contributed by atoms with E-state index in [-0.39, 0.29) is 12.6 Å². The van der Waals surface area contributed by atoms with Crippen molar-refractivity contribution in [1.82, 2.24) is 4.90 Å². The van der Waals surface area contributed by atoms with Crippen LogP contribution >= 0.6 is 0 Å². The largest absolute Gasteiger partial charge is 0.480 e. The van der Waals surface area contributed by atoms with Gasteiger partial charge in [0.05, 0.1) is 0 Å². The molecule has 1 rings (SSSR count). The van der Waals surface area contributed by atoms with Gasteiger partial charge in [-0.2, -0.15) is 0 Å². The number of rotatable bonds is 5.